The third-order valence-corrected chi connectivity index (χ3v) is 5.02. The molecule has 0 radical (unpaired) electrons. The van der Waals surface area contributed by atoms with Gasteiger partial charge in [-0.25, -0.2) is 0 Å². The number of ether oxygens (including phenoxy) is 1. The van der Waals surface area contributed by atoms with Crippen molar-refractivity contribution in [1.82, 2.24) is 4.90 Å². The number of methoxy groups -OCH3 is 1. The number of aliphatic hydroxyl groups is 1. The molecule has 0 aliphatic carbocycles. The fourth-order valence-electron chi connectivity index (χ4n) is 3.52. The molecule has 0 saturated carbocycles. The van der Waals surface area contributed by atoms with E-state index in [1.165, 1.54) is 30.4 Å². The molecule has 1 fully saturated rings. The van der Waals surface area contributed by atoms with Gasteiger partial charge in [0, 0.05) is 5.56 Å². The summed E-state index contributed by atoms with van der Waals surface area (Å²) in [6, 6.07) is 15.3. The van der Waals surface area contributed by atoms with Crippen molar-refractivity contribution in [2.24, 2.45) is 0 Å². The van der Waals surface area contributed by atoms with Crippen LogP contribution in [0.15, 0.2) is 76.9 Å². The molecule has 3 aromatic rings. The Morgan fingerprint density at radius 2 is 1.77 bits per heavy atom. The van der Waals surface area contributed by atoms with Gasteiger partial charge in [-0.15, -0.1) is 0 Å². The summed E-state index contributed by atoms with van der Waals surface area (Å²) in [5.74, 6) is -0.648. The molecule has 1 aromatic heterocycles. The highest BCUT2D eigenvalue weighted by atomic mass is 16.5. The van der Waals surface area contributed by atoms with Crippen molar-refractivity contribution in [2.45, 2.75) is 12.6 Å². The largest absolute Gasteiger partial charge is 0.508 e. The minimum Gasteiger partial charge on any atom is -0.508 e. The van der Waals surface area contributed by atoms with Gasteiger partial charge in [-0.3, -0.25) is 9.59 Å². The quantitative estimate of drug-likeness (QED) is 0.382. The van der Waals surface area contributed by atoms with Crippen LogP contribution in [0.1, 0.15) is 22.9 Å². The van der Waals surface area contributed by atoms with E-state index in [0.717, 1.165) is 0 Å². The average Bonchev–Trinajstić information content (AvgIpc) is 3.36. The van der Waals surface area contributed by atoms with Crippen LogP contribution < -0.4 is 4.74 Å². The summed E-state index contributed by atoms with van der Waals surface area (Å²) in [6.45, 7) is 0.0580. The number of likely N-dealkylation sites (tertiary alicyclic amines) is 1. The Morgan fingerprint density at radius 1 is 1.07 bits per heavy atom. The highest BCUT2D eigenvalue weighted by Crippen LogP contribution is 2.40. The Labute approximate surface area is 172 Å². The highest BCUT2D eigenvalue weighted by Gasteiger charge is 2.46. The van der Waals surface area contributed by atoms with Gasteiger partial charge in [0.05, 0.1) is 31.5 Å². The Morgan fingerprint density at radius 3 is 2.37 bits per heavy atom. The van der Waals surface area contributed by atoms with E-state index in [-0.39, 0.29) is 23.6 Å². The molecule has 1 saturated heterocycles. The third kappa shape index (κ3) is 3.41. The van der Waals surface area contributed by atoms with Crippen LogP contribution in [0.2, 0.25) is 0 Å². The van der Waals surface area contributed by atoms with Crippen molar-refractivity contribution in [1.29, 1.82) is 0 Å². The molecule has 7 heteroatoms. The predicted octanol–water partition coefficient (Wildman–Crippen LogP) is 3.62. The van der Waals surface area contributed by atoms with Crippen molar-refractivity contribution in [3.8, 4) is 11.5 Å². The topological polar surface area (TPSA) is 100 Å². The van der Waals surface area contributed by atoms with E-state index < -0.39 is 17.7 Å². The fraction of sp³-hybridized carbons (Fsp3) is 0.130. The molecule has 1 atom stereocenters. The number of rotatable bonds is 5. The molecule has 0 spiro atoms. The maximum Gasteiger partial charge on any atom is 0.296 e. The van der Waals surface area contributed by atoms with E-state index >= 15 is 0 Å². The van der Waals surface area contributed by atoms with Crippen LogP contribution in [0.25, 0.3) is 5.76 Å². The number of hydrogen-bond donors (Lipinski definition) is 2. The van der Waals surface area contributed by atoms with Crippen LogP contribution in [-0.4, -0.2) is 33.9 Å². The molecule has 2 aromatic carbocycles. The zero-order valence-electron chi connectivity index (χ0n) is 16.1. The number of aromatic hydroxyl groups is 1. The number of hydrogen-bond acceptors (Lipinski definition) is 6. The van der Waals surface area contributed by atoms with E-state index in [1.807, 2.05) is 0 Å². The maximum absolute atomic E-state index is 12.9. The molecule has 1 aliphatic heterocycles. The summed E-state index contributed by atoms with van der Waals surface area (Å²) in [5, 5.41) is 20.6. The third-order valence-electron chi connectivity index (χ3n) is 5.02. The molecule has 0 bridgehead atoms. The first-order valence-electron chi connectivity index (χ1n) is 9.23. The number of nitrogens with zero attached hydrogens (tertiary/aromatic N) is 1. The van der Waals surface area contributed by atoms with Crippen molar-refractivity contribution < 1.29 is 29.0 Å². The second kappa shape index (κ2) is 7.79. The summed E-state index contributed by atoms with van der Waals surface area (Å²) in [6.07, 6.45) is 1.48. The summed E-state index contributed by atoms with van der Waals surface area (Å²) in [4.78, 5) is 27.1. The zero-order valence-corrected chi connectivity index (χ0v) is 16.1. The molecular weight excluding hydrogens is 386 g/mol. The lowest BCUT2D eigenvalue weighted by Gasteiger charge is -2.24. The van der Waals surface area contributed by atoms with Gasteiger partial charge in [0.15, 0.2) is 0 Å². The number of carbonyl (C=O) groups is 2. The number of carbonyl (C=O) groups excluding carboxylic acids is 2. The van der Waals surface area contributed by atoms with Gasteiger partial charge in [0.25, 0.3) is 11.7 Å². The lowest BCUT2D eigenvalue weighted by molar-refractivity contribution is -0.140. The fourth-order valence-corrected chi connectivity index (χ4v) is 3.52. The molecular formula is C23H19NO6. The second-order valence-electron chi connectivity index (χ2n) is 6.83. The van der Waals surface area contributed by atoms with Crippen molar-refractivity contribution in [2.75, 3.05) is 7.11 Å². The van der Waals surface area contributed by atoms with Gasteiger partial charge in [-0.1, -0.05) is 12.1 Å². The van der Waals surface area contributed by atoms with E-state index in [4.69, 9.17) is 9.15 Å². The minimum absolute atomic E-state index is 0.0255. The van der Waals surface area contributed by atoms with Gasteiger partial charge in [0.1, 0.15) is 23.0 Å². The number of aliphatic hydroxyl groups excluding tert-OH is 1. The number of amides is 1. The highest BCUT2D eigenvalue weighted by molar-refractivity contribution is 6.46. The Bertz CT molecular complexity index is 1100. The van der Waals surface area contributed by atoms with Crippen LogP contribution in [0.4, 0.5) is 0 Å². The summed E-state index contributed by atoms with van der Waals surface area (Å²) < 4.78 is 10.5. The number of ketones is 1. The zero-order chi connectivity index (χ0) is 21.3. The Hall–Kier alpha value is -4.00. The molecule has 2 N–H and O–H groups in total. The van der Waals surface area contributed by atoms with Crippen molar-refractivity contribution in [3.05, 3.63) is 89.4 Å². The number of phenolic OH excluding ortho intramolecular Hbond substituents is 1. The summed E-state index contributed by atoms with van der Waals surface area (Å²) in [5.41, 5.74) is 0.937. The number of benzene rings is 2. The lowest BCUT2D eigenvalue weighted by atomic mass is 9.95. The second-order valence-corrected chi connectivity index (χ2v) is 6.83. The van der Waals surface area contributed by atoms with Crippen LogP contribution in [0, 0.1) is 0 Å². The Balaban J connectivity index is 1.84. The van der Waals surface area contributed by atoms with Crippen LogP contribution in [0.3, 0.4) is 0 Å². The molecule has 30 heavy (non-hydrogen) atoms. The van der Waals surface area contributed by atoms with Crippen LogP contribution >= 0.6 is 0 Å². The van der Waals surface area contributed by atoms with Gasteiger partial charge in [-0.05, 0) is 54.1 Å². The van der Waals surface area contributed by atoms with Gasteiger partial charge in [-0.2, -0.15) is 0 Å². The first-order valence-corrected chi connectivity index (χ1v) is 9.23. The van der Waals surface area contributed by atoms with Gasteiger partial charge < -0.3 is 24.3 Å². The van der Waals surface area contributed by atoms with E-state index in [2.05, 4.69) is 0 Å². The lowest BCUT2D eigenvalue weighted by Crippen LogP contribution is -2.29. The SMILES string of the molecule is COc1ccc(/C(O)=C2\C(=O)C(=O)N(Cc3ccco3)[C@@H]2c2ccc(O)cc2)cc1. The molecule has 152 valence electrons. The standard InChI is InChI=1S/C23H19NO6/c1-29-17-10-6-15(7-11-17)21(26)19-20(14-4-8-16(25)9-5-14)24(23(28)22(19)27)13-18-3-2-12-30-18/h2-12,20,25-26H,13H2,1H3/b21-19+/t20-/m1/s1. The van der Waals surface area contributed by atoms with Crippen LogP contribution in [-0.2, 0) is 16.1 Å². The van der Waals surface area contributed by atoms with Gasteiger partial charge >= 0.3 is 0 Å². The Kier molecular flexibility index (Phi) is 5.02. The van der Waals surface area contributed by atoms with E-state index in [1.54, 1.807) is 48.5 Å². The van der Waals surface area contributed by atoms with E-state index in [9.17, 15) is 19.8 Å². The number of furan rings is 1. The number of Topliss-reactive ketones (excluding diaryl/α,β-unsaturated/α-hetero) is 1. The minimum atomic E-state index is -0.835. The summed E-state index contributed by atoms with van der Waals surface area (Å²) >= 11 is 0. The molecule has 1 amide bonds. The predicted molar refractivity (Wildman–Crippen MR) is 108 cm³/mol. The van der Waals surface area contributed by atoms with Crippen LogP contribution in [0.5, 0.6) is 11.5 Å². The first-order chi connectivity index (χ1) is 14.5. The van der Waals surface area contributed by atoms with Crippen molar-refractivity contribution in [3.63, 3.8) is 0 Å². The molecule has 2 heterocycles. The molecule has 4 rings (SSSR count). The molecule has 0 unspecified atom stereocenters. The monoisotopic (exact) mass is 405 g/mol. The number of phenols is 1. The first kappa shape index (κ1) is 19.3. The smallest absolute Gasteiger partial charge is 0.296 e. The average molecular weight is 405 g/mol. The van der Waals surface area contributed by atoms with Crippen molar-refractivity contribution >= 4 is 17.4 Å². The molecule has 7 nitrogen and oxygen atoms in total. The van der Waals surface area contributed by atoms with Gasteiger partial charge in [0.2, 0.25) is 0 Å². The molecule has 1 aliphatic rings. The maximum atomic E-state index is 12.9. The van der Waals surface area contributed by atoms with E-state index in [0.29, 0.717) is 22.6 Å². The normalized spacial score (nSPS) is 18.0. The summed E-state index contributed by atoms with van der Waals surface area (Å²) in [7, 11) is 1.53.